The van der Waals surface area contributed by atoms with E-state index in [-0.39, 0.29) is 5.56 Å². The first-order chi connectivity index (χ1) is 12.2. The maximum Gasteiger partial charge on any atom is 0.302 e. The molecule has 2 aromatic rings. The zero-order chi connectivity index (χ0) is 19.3. The zero-order valence-corrected chi connectivity index (χ0v) is 15.0. The molecule has 2 rings (SSSR count). The number of benzene rings is 1. The largest absolute Gasteiger partial charge is 0.338 e. The van der Waals surface area contributed by atoms with E-state index < -0.39 is 28.7 Å². The molecule has 1 atom stereocenters. The number of nitrogens with one attached hydrogen (secondary N) is 1. The van der Waals surface area contributed by atoms with Gasteiger partial charge < -0.3 is 11.1 Å². The quantitative estimate of drug-likeness (QED) is 0.330. The van der Waals surface area contributed by atoms with Crippen LogP contribution in [0.1, 0.15) is 35.3 Å². The Morgan fingerprint density at radius 3 is 2.35 bits per heavy atom. The van der Waals surface area contributed by atoms with Crippen LogP contribution in [0.2, 0.25) is 0 Å². The van der Waals surface area contributed by atoms with Crippen molar-refractivity contribution in [1.29, 1.82) is 0 Å². The molecule has 0 saturated heterocycles. The van der Waals surface area contributed by atoms with Crippen molar-refractivity contribution < 1.29 is 19.3 Å². The molecule has 0 unspecified atom stereocenters. The summed E-state index contributed by atoms with van der Waals surface area (Å²) in [6, 6.07) is 6.84. The second kappa shape index (κ2) is 8.10. The number of amides is 2. The number of hydroxylamine groups is 1. The fraction of sp³-hybridized carbons (Fsp3) is 0.222. The van der Waals surface area contributed by atoms with Crippen LogP contribution >= 0.6 is 11.3 Å². The van der Waals surface area contributed by atoms with E-state index in [4.69, 9.17) is 10.9 Å². The van der Waals surface area contributed by atoms with E-state index in [1.54, 1.807) is 23.5 Å². The normalized spacial score (nSPS) is 11.9. The van der Waals surface area contributed by atoms with Crippen molar-refractivity contribution >= 4 is 23.2 Å². The van der Waals surface area contributed by atoms with Crippen LogP contribution in [0.5, 0.6) is 0 Å². The first-order valence-electron chi connectivity index (χ1n) is 7.61. The average Bonchev–Trinajstić information content (AvgIpc) is 3.10. The van der Waals surface area contributed by atoms with Gasteiger partial charge >= 0.3 is 5.91 Å². The monoisotopic (exact) mass is 375 g/mol. The molecular weight excluding hydrogens is 357 g/mol. The minimum atomic E-state index is -1.44. The van der Waals surface area contributed by atoms with E-state index in [1.165, 1.54) is 26.0 Å². The predicted molar refractivity (Wildman–Crippen MR) is 96.0 cm³/mol. The van der Waals surface area contributed by atoms with Crippen molar-refractivity contribution in [2.45, 2.75) is 25.4 Å². The van der Waals surface area contributed by atoms with Gasteiger partial charge in [0.05, 0.1) is 0 Å². The Hall–Kier alpha value is -2.73. The second-order valence-electron chi connectivity index (χ2n) is 6.17. The first-order valence-corrected chi connectivity index (χ1v) is 8.55. The van der Waals surface area contributed by atoms with Gasteiger partial charge in [-0.05, 0) is 54.8 Å². The lowest BCUT2D eigenvalue weighted by molar-refractivity contribution is -0.234. The molecule has 26 heavy (non-hydrogen) atoms. The molecule has 0 aliphatic heterocycles. The molecule has 8 heteroatoms. The van der Waals surface area contributed by atoms with Gasteiger partial charge in [-0.15, -0.1) is 0 Å². The number of halogens is 1. The summed E-state index contributed by atoms with van der Waals surface area (Å²) in [5.74, 6) is 3.98. The molecule has 0 aliphatic rings. The predicted octanol–water partition coefficient (Wildman–Crippen LogP) is 2.09. The van der Waals surface area contributed by atoms with Crippen molar-refractivity contribution in [3.63, 3.8) is 0 Å². The van der Waals surface area contributed by atoms with Crippen LogP contribution in [0.4, 0.5) is 4.48 Å². The van der Waals surface area contributed by atoms with Gasteiger partial charge in [-0.3, -0.25) is 14.8 Å². The molecule has 136 valence electrons. The lowest BCUT2D eigenvalue weighted by Gasteiger charge is -2.29. The van der Waals surface area contributed by atoms with Crippen LogP contribution in [-0.4, -0.2) is 33.9 Å². The van der Waals surface area contributed by atoms with E-state index in [0.717, 1.165) is 5.56 Å². The zero-order valence-electron chi connectivity index (χ0n) is 14.2. The number of thiophene rings is 1. The smallest absolute Gasteiger partial charge is 0.302 e. The highest BCUT2D eigenvalue weighted by Gasteiger charge is 2.36. The van der Waals surface area contributed by atoms with Gasteiger partial charge in [0.15, 0.2) is 0 Å². The van der Waals surface area contributed by atoms with E-state index in [2.05, 4.69) is 17.2 Å². The maximum absolute atomic E-state index is 12.8. The van der Waals surface area contributed by atoms with Gasteiger partial charge in [0.25, 0.3) is 5.91 Å². The highest BCUT2D eigenvalue weighted by molar-refractivity contribution is 7.08. The number of carbonyl (C=O) groups excluding carboxylic acids is 2. The van der Waals surface area contributed by atoms with Crippen LogP contribution in [-0.2, 0) is 4.79 Å². The number of rotatable bonds is 4. The third kappa shape index (κ3) is 5.13. The highest BCUT2D eigenvalue weighted by atomic mass is 32.1. The summed E-state index contributed by atoms with van der Waals surface area (Å²) >= 11 is 1.55. The number of nitrogens with zero attached hydrogens (tertiary/aromatic N) is 1. The minimum absolute atomic E-state index is 0.247. The Morgan fingerprint density at radius 2 is 1.85 bits per heavy atom. The number of hydrogen-bond acceptors (Lipinski definition) is 5. The lowest BCUT2D eigenvalue weighted by Crippen LogP contribution is -2.61. The number of nitrogens with two attached hydrogens (primary N) is 1. The Morgan fingerprint density at radius 1 is 1.23 bits per heavy atom. The Bertz CT molecular complexity index is 831. The van der Waals surface area contributed by atoms with Gasteiger partial charge in [-0.2, -0.15) is 11.3 Å². The molecule has 0 aliphatic carbocycles. The molecule has 1 heterocycles. The molecule has 0 spiro atoms. The Balaban J connectivity index is 2.12. The first kappa shape index (κ1) is 19.6. The van der Waals surface area contributed by atoms with Gasteiger partial charge in [-0.1, -0.05) is 16.3 Å². The molecule has 0 saturated carbocycles. The molecular formula is C18H18FN3O3S. The van der Waals surface area contributed by atoms with Crippen LogP contribution < -0.4 is 11.1 Å². The Kier molecular flexibility index (Phi) is 6.10. The summed E-state index contributed by atoms with van der Waals surface area (Å²) in [5.41, 5.74) is 6.38. The minimum Gasteiger partial charge on any atom is -0.338 e. The van der Waals surface area contributed by atoms with Gasteiger partial charge in [0.2, 0.25) is 0 Å². The third-order valence-electron chi connectivity index (χ3n) is 3.47. The van der Waals surface area contributed by atoms with Gasteiger partial charge in [0.1, 0.15) is 6.04 Å². The van der Waals surface area contributed by atoms with E-state index >= 15 is 0 Å². The summed E-state index contributed by atoms with van der Waals surface area (Å²) in [6.07, 6.45) is 0. The lowest BCUT2D eigenvalue weighted by atomic mass is 9.95. The van der Waals surface area contributed by atoms with Crippen LogP contribution in [0.25, 0.3) is 0 Å². The number of carbonyl (C=O) groups is 2. The average molecular weight is 375 g/mol. The highest BCUT2D eigenvalue weighted by Crippen LogP contribution is 2.11. The molecule has 4 N–H and O–H groups in total. The standard InChI is InChI=1S/C18H18FN3O3S/c1-18(2,20)15(17(24)22(19)25)21-16(23)14-7-5-12(6-8-14)3-4-13-9-10-26-11-13/h5-11,15,25H,20H2,1-2H3,(H,21,23)/t15-/m1/s1. The van der Waals surface area contributed by atoms with Gasteiger partial charge in [-0.25, -0.2) is 0 Å². The molecule has 0 radical (unpaired) electrons. The molecule has 1 aromatic carbocycles. The maximum atomic E-state index is 12.8. The third-order valence-corrected chi connectivity index (χ3v) is 4.15. The summed E-state index contributed by atoms with van der Waals surface area (Å²) in [7, 11) is 0. The second-order valence-corrected chi connectivity index (χ2v) is 6.95. The van der Waals surface area contributed by atoms with Gasteiger partial charge in [0, 0.05) is 27.6 Å². The van der Waals surface area contributed by atoms with Crippen LogP contribution in [0, 0.1) is 11.8 Å². The Labute approximate surface area is 154 Å². The summed E-state index contributed by atoms with van der Waals surface area (Å²) in [5, 5.41) is 13.8. The number of hydrogen-bond donors (Lipinski definition) is 3. The van der Waals surface area contributed by atoms with Crippen LogP contribution in [0.3, 0.4) is 0 Å². The fourth-order valence-electron chi connectivity index (χ4n) is 2.07. The van der Waals surface area contributed by atoms with Crippen molar-refractivity contribution in [3.8, 4) is 11.8 Å². The van der Waals surface area contributed by atoms with Crippen molar-refractivity contribution in [3.05, 3.63) is 57.8 Å². The van der Waals surface area contributed by atoms with Crippen LogP contribution in [0.15, 0.2) is 41.1 Å². The summed E-state index contributed by atoms with van der Waals surface area (Å²) < 4.78 is 12.8. The van der Waals surface area contributed by atoms with E-state index in [0.29, 0.717) is 5.56 Å². The van der Waals surface area contributed by atoms with E-state index in [9.17, 15) is 14.1 Å². The summed E-state index contributed by atoms with van der Waals surface area (Å²) in [6.45, 7) is 2.87. The topological polar surface area (TPSA) is 95.7 Å². The van der Waals surface area contributed by atoms with Crippen molar-refractivity contribution in [2.75, 3.05) is 0 Å². The van der Waals surface area contributed by atoms with Crippen molar-refractivity contribution in [2.24, 2.45) is 5.73 Å². The molecule has 2 amide bonds. The van der Waals surface area contributed by atoms with Crippen molar-refractivity contribution in [1.82, 2.24) is 10.6 Å². The molecule has 0 fully saturated rings. The summed E-state index contributed by atoms with van der Waals surface area (Å²) in [4.78, 5) is 24.0. The molecule has 1 aromatic heterocycles. The molecule has 6 nitrogen and oxygen atoms in total. The fourth-order valence-corrected chi connectivity index (χ4v) is 2.66. The SMILES string of the molecule is CC(C)(N)[C@H](NC(=O)c1ccc(C#Cc2ccsc2)cc1)C(=O)N(O)F. The molecule has 0 bridgehead atoms. The van der Waals surface area contributed by atoms with E-state index in [1.807, 2.05) is 16.8 Å².